The molecule has 2 heterocycles. The summed E-state index contributed by atoms with van der Waals surface area (Å²) in [7, 11) is 4.12. The standard InChI is InChI=1S/C38H60N6O2/c1-29(2)19-26-44(34-17-13-32(14-18-34)39-28-31-11-15-33(16-12-31)41(5)6)35-20-24-42(25-21-35)37(45)36(27-30(3)4)40-38(46)43-22-9-7-8-10-23-43/h11-18,29-30,35-36,39H,7-10,19-28H2,1-6H3,(H,40,46)/t36-/m0/s1. The lowest BCUT2D eigenvalue weighted by molar-refractivity contribution is -0.134. The average Bonchev–Trinajstić information content (AvgIpc) is 3.34. The molecule has 2 fully saturated rings. The molecule has 2 aliphatic rings. The third-order valence-electron chi connectivity index (χ3n) is 9.51. The lowest BCUT2D eigenvalue weighted by atomic mass is 9.98. The number of likely N-dealkylation sites (tertiary alicyclic amines) is 2. The topological polar surface area (TPSA) is 71.2 Å². The Morgan fingerprint density at radius 2 is 1.39 bits per heavy atom. The molecule has 0 bridgehead atoms. The van der Waals surface area contributed by atoms with Gasteiger partial charge in [-0.3, -0.25) is 4.79 Å². The minimum Gasteiger partial charge on any atom is -0.381 e. The van der Waals surface area contributed by atoms with E-state index in [1.807, 2.05) is 9.80 Å². The first-order valence-corrected chi connectivity index (χ1v) is 17.8. The minimum absolute atomic E-state index is 0.0733. The van der Waals surface area contributed by atoms with Crippen LogP contribution in [0.3, 0.4) is 0 Å². The number of carbonyl (C=O) groups excluding carboxylic acids is 2. The molecule has 2 N–H and O–H groups in total. The number of benzene rings is 2. The number of nitrogens with zero attached hydrogens (tertiary/aromatic N) is 4. The Hall–Kier alpha value is -3.42. The highest BCUT2D eigenvalue weighted by Gasteiger charge is 2.32. The van der Waals surface area contributed by atoms with Gasteiger partial charge in [0, 0.05) is 76.5 Å². The first-order chi connectivity index (χ1) is 22.1. The maximum absolute atomic E-state index is 13.8. The SMILES string of the molecule is CC(C)CCN(c1ccc(NCc2ccc(N(C)C)cc2)cc1)C1CCN(C(=O)[C@H](CC(C)C)NC(=O)N2CCCCCC2)CC1. The Morgan fingerprint density at radius 3 is 1.96 bits per heavy atom. The van der Waals surface area contributed by atoms with Crippen LogP contribution in [-0.2, 0) is 11.3 Å². The van der Waals surface area contributed by atoms with Crippen LogP contribution in [0.4, 0.5) is 21.9 Å². The molecule has 8 heteroatoms. The van der Waals surface area contributed by atoms with E-state index in [9.17, 15) is 9.59 Å². The van der Waals surface area contributed by atoms with E-state index >= 15 is 0 Å². The lowest BCUT2D eigenvalue weighted by Gasteiger charge is -2.41. The summed E-state index contributed by atoms with van der Waals surface area (Å²) in [5.41, 5.74) is 4.82. The third-order valence-corrected chi connectivity index (χ3v) is 9.51. The molecule has 3 amide bonds. The van der Waals surface area contributed by atoms with Gasteiger partial charge in [-0.25, -0.2) is 4.79 Å². The van der Waals surface area contributed by atoms with E-state index < -0.39 is 6.04 Å². The Balaban J connectivity index is 1.36. The number of hydrogen-bond acceptors (Lipinski definition) is 5. The summed E-state index contributed by atoms with van der Waals surface area (Å²) in [5, 5.41) is 6.72. The Bertz CT molecular complexity index is 1200. The summed E-state index contributed by atoms with van der Waals surface area (Å²) < 4.78 is 0. The summed E-state index contributed by atoms with van der Waals surface area (Å²) in [6, 6.07) is 17.4. The maximum atomic E-state index is 13.8. The molecule has 0 radical (unpaired) electrons. The third kappa shape index (κ3) is 10.6. The van der Waals surface area contributed by atoms with E-state index in [1.165, 1.54) is 29.8 Å². The van der Waals surface area contributed by atoms with Crippen molar-refractivity contribution < 1.29 is 9.59 Å². The molecule has 0 aliphatic carbocycles. The molecule has 254 valence electrons. The van der Waals surface area contributed by atoms with E-state index in [1.54, 1.807) is 0 Å². The van der Waals surface area contributed by atoms with Crippen molar-refractivity contribution in [2.75, 3.05) is 61.9 Å². The van der Waals surface area contributed by atoms with Crippen molar-refractivity contribution in [2.24, 2.45) is 11.8 Å². The predicted octanol–water partition coefficient (Wildman–Crippen LogP) is 7.21. The zero-order chi connectivity index (χ0) is 33.1. The van der Waals surface area contributed by atoms with Gasteiger partial charge in [0.05, 0.1) is 0 Å². The summed E-state index contributed by atoms with van der Waals surface area (Å²) in [4.78, 5) is 35.6. The highest BCUT2D eigenvalue weighted by molar-refractivity contribution is 5.87. The number of urea groups is 1. The maximum Gasteiger partial charge on any atom is 0.318 e. The van der Waals surface area contributed by atoms with Crippen LogP contribution in [0.15, 0.2) is 48.5 Å². The van der Waals surface area contributed by atoms with Crippen LogP contribution in [0.2, 0.25) is 0 Å². The number of hydrogen-bond donors (Lipinski definition) is 2. The van der Waals surface area contributed by atoms with E-state index in [4.69, 9.17) is 0 Å². The van der Waals surface area contributed by atoms with Crippen molar-refractivity contribution in [3.8, 4) is 0 Å². The molecule has 8 nitrogen and oxygen atoms in total. The smallest absolute Gasteiger partial charge is 0.318 e. The highest BCUT2D eigenvalue weighted by atomic mass is 16.2. The average molecular weight is 633 g/mol. The fourth-order valence-corrected chi connectivity index (χ4v) is 6.63. The molecule has 0 aromatic heterocycles. The Morgan fingerprint density at radius 1 is 0.783 bits per heavy atom. The van der Waals surface area contributed by atoms with E-state index in [0.29, 0.717) is 24.3 Å². The minimum atomic E-state index is -0.463. The molecule has 0 unspecified atom stereocenters. The summed E-state index contributed by atoms with van der Waals surface area (Å²) in [5.74, 6) is 1.02. The monoisotopic (exact) mass is 632 g/mol. The zero-order valence-electron chi connectivity index (χ0n) is 29.4. The molecule has 2 aliphatic heterocycles. The molecule has 4 rings (SSSR count). The van der Waals surface area contributed by atoms with Crippen LogP contribution >= 0.6 is 0 Å². The van der Waals surface area contributed by atoms with Crippen LogP contribution in [0.5, 0.6) is 0 Å². The molecule has 1 atom stereocenters. The fraction of sp³-hybridized carbons (Fsp3) is 0.632. The van der Waals surface area contributed by atoms with Crippen LogP contribution in [0.1, 0.15) is 84.6 Å². The van der Waals surface area contributed by atoms with Crippen molar-refractivity contribution in [1.29, 1.82) is 0 Å². The van der Waals surface area contributed by atoms with E-state index in [0.717, 1.165) is 77.1 Å². The van der Waals surface area contributed by atoms with Crippen LogP contribution in [0, 0.1) is 11.8 Å². The molecule has 46 heavy (non-hydrogen) atoms. The van der Waals surface area contributed by atoms with Gasteiger partial charge in [-0.1, -0.05) is 52.7 Å². The second kappa shape index (κ2) is 17.5. The number of piperidine rings is 1. The van der Waals surface area contributed by atoms with Crippen LogP contribution in [0.25, 0.3) is 0 Å². The second-order valence-electron chi connectivity index (χ2n) is 14.4. The number of rotatable bonds is 13. The zero-order valence-corrected chi connectivity index (χ0v) is 29.4. The molecule has 2 aromatic rings. The number of carbonyl (C=O) groups is 2. The number of amides is 3. The van der Waals surface area contributed by atoms with E-state index in [-0.39, 0.29) is 11.9 Å². The molecule has 2 saturated heterocycles. The Labute approximate surface area is 278 Å². The van der Waals surface area contributed by atoms with Gasteiger partial charge < -0.3 is 30.2 Å². The normalized spacial score (nSPS) is 16.7. The summed E-state index contributed by atoms with van der Waals surface area (Å²) in [6.07, 6.45) is 8.09. The molecule has 0 spiro atoms. The van der Waals surface area contributed by atoms with Crippen molar-refractivity contribution in [3.05, 3.63) is 54.1 Å². The van der Waals surface area contributed by atoms with Gasteiger partial charge in [-0.2, -0.15) is 0 Å². The molecule has 2 aromatic carbocycles. The first-order valence-electron chi connectivity index (χ1n) is 17.8. The van der Waals surface area contributed by atoms with Gasteiger partial charge in [0.1, 0.15) is 6.04 Å². The molecular formula is C38H60N6O2. The Kier molecular flexibility index (Phi) is 13.5. The number of nitrogens with one attached hydrogen (secondary N) is 2. The van der Waals surface area contributed by atoms with Gasteiger partial charge in [-0.05, 0) is 92.3 Å². The first kappa shape index (κ1) is 35.4. The van der Waals surface area contributed by atoms with Gasteiger partial charge in [0.15, 0.2) is 0 Å². The highest BCUT2D eigenvalue weighted by Crippen LogP contribution is 2.27. The van der Waals surface area contributed by atoms with Crippen LogP contribution in [-0.4, -0.2) is 80.6 Å². The number of anilines is 3. The van der Waals surface area contributed by atoms with E-state index in [2.05, 4.69) is 111 Å². The predicted molar refractivity (Wildman–Crippen MR) is 193 cm³/mol. The summed E-state index contributed by atoms with van der Waals surface area (Å²) in [6.45, 7) is 13.6. The van der Waals surface area contributed by atoms with Crippen molar-refractivity contribution in [1.82, 2.24) is 15.1 Å². The largest absolute Gasteiger partial charge is 0.381 e. The quantitative estimate of drug-likeness (QED) is 0.244. The lowest BCUT2D eigenvalue weighted by Crippen LogP contribution is -2.55. The van der Waals surface area contributed by atoms with Crippen LogP contribution < -0.4 is 20.4 Å². The van der Waals surface area contributed by atoms with Crippen molar-refractivity contribution in [3.63, 3.8) is 0 Å². The van der Waals surface area contributed by atoms with Gasteiger partial charge in [0.25, 0.3) is 0 Å². The molecule has 0 saturated carbocycles. The van der Waals surface area contributed by atoms with Crippen molar-refractivity contribution in [2.45, 2.75) is 97.7 Å². The summed E-state index contributed by atoms with van der Waals surface area (Å²) >= 11 is 0. The van der Waals surface area contributed by atoms with Gasteiger partial charge in [0.2, 0.25) is 5.91 Å². The molecular weight excluding hydrogens is 572 g/mol. The van der Waals surface area contributed by atoms with Gasteiger partial charge in [-0.15, -0.1) is 0 Å². The fourth-order valence-electron chi connectivity index (χ4n) is 6.63. The van der Waals surface area contributed by atoms with Gasteiger partial charge >= 0.3 is 6.03 Å². The van der Waals surface area contributed by atoms with Crippen molar-refractivity contribution >= 4 is 29.0 Å². The second-order valence-corrected chi connectivity index (χ2v) is 14.4.